The lowest BCUT2D eigenvalue weighted by atomic mass is 10.1. The highest BCUT2D eigenvalue weighted by atomic mass is 35.5. The maximum absolute atomic E-state index is 13.4. The SMILES string of the molecule is O=C(NC(CCN1CCCCC1)c1cc(NS(=O)(=O)C2CC2)ccn1)c1ncc(-c2cnn3ccc(Cl)cc23)s1. The normalized spacial score (nSPS) is 17.1. The Labute approximate surface area is 241 Å². The van der Waals surface area contributed by atoms with Gasteiger partial charge in [0.2, 0.25) is 10.0 Å². The summed E-state index contributed by atoms with van der Waals surface area (Å²) in [5.41, 5.74) is 2.74. The van der Waals surface area contributed by atoms with Crippen molar-refractivity contribution in [3.05, 3.63) is 64.8 Å². The summed E-state index contributed by atoms with van der Waals surface area (Å²) in [6, 6.07) is 6.54. The van der Waals surface area contributed by atoms with Crippen molar-refractivity contribution in [2.24, 2.45) is 0 Å². The fraction of sp³-hybridized carbons (Fsp3) is 0.407. The second-order valence-corrected chi connectivity index (χ2v) is 13.7. The molecule has 2 N–H and O–H groups in total. The molecule has 0 spiro atoms. The van der Waals surface area contributed by atoms with Crippen LogP contribution in [-0.2, 0) is 10.0 Å². The van der Waals surface area contributed by atoms with Crippen LogP contribution >= 0.6 is 22.9 Å². The first-order chi connectivity index (χ1) is 19.4. The number of hydrogen-bond acceptors (Lipinski definition) is 8. The molecule has 5 heterocycles. The van der Waals surface area contributed by atoms with Gasteiger partial charge in [-0.15, -0.1) is 11.3 Å². The fourth-order valence-corrected chi connectivity index (χ4v) is 7.36. The van der Waals surface area contributed by atoms with Gasteiger partial charge >= 0.3 is 0 Å². The maximum atomic E-state index is 13.4. The average Bonchev–Trinajstić information content (AvgIpc) is 3.58. The van der Waals surface area contributed by atoms with Crippen molar-refractivity contribution in [1.82, 2.24) is 29.8 Å². The van der Waals surface area contributed by atoms with E-state index in [1.54, 1.807) is 47.5 Å². The maximum Gasteiger partial charge on any atom is 0.280 e. The fourth-order valence-electron chi connectivity index (χ4n) is 4.99. The average molecular weight is 600 g/mol. The van der Waals surface area contributed by atoms with E-state index in [0.29, 0.717) is 40.7 Å². The van der Waals surface area contributed by atoms with Crippen molar-refractivity contribution in [2.45, 2.75) is 49.8 Å². The smallest absolute Gasteiger partial charge is 0.280 e. The predicted molar refractivity (Wildman–Crippen MR) is 156 cm³/mol. The molecule has 4 aromatic rings. The molecule has 210 valence electrons. The number of hydrogen-bond donors (Lipinski definition) is 2. The molecule has 6 rings (SSSR count). The molecule has 1 atom stereocenters. The third-order valence-electron chi connectivity index (χ3n) is 7.30. The van der Waals surface area contributed by atoms with Crippen LogP contribution in [0.5, 0.6) is 0 Å². The Bertz CT molecular complexity index is 1630. The highest BCUT2D eigenvalue weighted by Crippen LogP contribution is 2.32. The summed E-state index contributed by atoms with van der Waals surface area (Å²) in [6.07, 6.45) is 12.4. The minimum Gasteiger partial charge on any atom is -0.342 e. The quantitative estimate of drug-likeness (QED) is 0.270. The Balaban J connectivity index is 1.22. The molecule has 1 saturated carbocycles. The van der Waals surface area contributed by atoms with E-state index in [9.17, 15) is 13.2 Å². The van der Waals surface area contributed by atoms with Crippen LogP contribution in [0, 0.1) is 0 Å². The second kappa shape index (κ2) is 11.4. The number of nitrogens with zero attached hydrogens (tertiary/aromatic N) is 5. The minimum absolute atomic E-state index is 0.305. The van der Waals surface area contributed by atoms with E-state index in [1.165, 1.54) is 30.6 Å². The van der Waals surface area contributed by atoms with Gasteiger partial charge in [0.1, 0.15) is 0 Å². The molecule has 10 nitrogen and oxygen atoms in total. The standard InChI is InChI=1S/C27H30ClN7O3S2/c28-18-7-13-35-24(14-18)21(16-31-35)25-17-30-27(39-25)26(36)32-22(8-12-34-10-2-1-3-11-34)23-15-19(6-9-29-23)33-40(37,38)20-4-5-20/h6-7,9,13-17,20,22H,1-5,8,10-12H2,(H,29,33)(H,32,36). The van der Waals surface area contributed by atoms with E-state index >= 15 is 0 Å². The zero-order valence-corrected chi connectivity index (χ0v) is 24.2. The molecule has 1 saturated heterocycles. The van der Waals surface area contributed by atoms with Crippen LogP contribution in [0.1, 0.15) is 60.1 Å². The Hall–Kier alpha value is -3.06. The second-order valence-electron chi connectivity index (χ2n) is 10.3. The van der Waals surface area contributed by atoms with Crippen molar-refractivity contribution >= 4 is 50.1 Å². The first kappa shape index (κ1) is 27.1. The third-order valence-corrected chi connectivity index (χ3v) is 10.4. The molecule has 40 heavy (non-hydrogen) atoms. The van der Waals surface area contributed by atoms with Crippen LogP contribution in [-0.4, -0.2) is 63.7 Å². The molecule has 13 heteroatoms. The molecule has 2 fully saturated rings. The molecule has 1 aliphatic carbocycles. The highest BCUT2D eigenvalue weighted by molar-refractivity contribution is 7.93. The number of rotatable bonds is 10. The van der Waals surface area contributed by atoms with Gasteiger partial charge in [0.25, 0.3) is 5.91 Å². The molecule has 1 unspecified atom stereocenters. The van der Waals surface area contributed by atoms with Crippen LogP contribution in [0.4, 0.5) is 5.69 Å². The van der Waals surface area contributed by atoms with Gasteiger partial charge in [0.05, 0.1) is 39.3 Å². The number of thiazole rings is 1. The number of sulfonamides is 1. The van der Waals surface area contributed by atoms with Crippen molar-refractivity contribution < 1.29 is 13.2 Å². The van der Waals surface area contributed by atoms with Crippen molar-refractivity contribution in [3.8, 4) is 10.4 Å². The number of nitrogens with one attached hydrogen (secondary N) is 2. The number of amides is 1. The number of likely N-dealkylation sites (tertiary alicyclic amines) is 1. The van der Waals surface area contributed by atoms with Gasteiger partial charge in [-0.3, -0.25) is 14.5 Å². The minimum atomic E-state index is -3.41. The van der Waals surface area contributed by atoms with E-state index in [-0.39, 0.29) is 11.2 Å². The Kier molecular flexibility index (Phi) is 7.76. The summed E-state index contributed by atoms with van der Waals surface area (Å²) in [7, 11) is -3.41. The lowest BCUT2D eigenvalue weighted by Gasteiger charge is -2.28. The number of pyridine rings is 2. The number of piperidine rings is 1. The predicted octanol–water partition coefficient (Wildman–Crippen LogP) is 4.76. The summed E-state index contributed by atoms with van der Waals surface area (Å²) in [5.74, 6) is -0.305. The van der Waals surface area contributed by atoms with Crippen molar-refractivity contribution in [1.29, 1.82) is 0 Å². The van der Waals surface area contributed by atoms with Gasteiger partial charge in [-0.2, -0.15) is 5.10 Å². The molecule has 1 aliphatic heterocycles. The van der Waals surface area contributed by atoms with Crippen molar-refractivity contribution in [2.75, 3.05) is 24.4 Å². The lowest BCUT2D eigenvalue weighted by Crippen LogP contribution is -2.35. The topological polar surface area (TPSA) is 122 Å². The summed E-state index contributed by atoms with van der Waals surface area (Å²) >= 11 is 7.47. The first-order valence-electron chi connectivity index (χ1n) is 13.5. The Morgan fingerprint density at radius 3 is 2.75 bits per heavy atom. The summed E-state index contributed by atoms with van der Waals surface area (Å²) in [4.78, 5) is 25.6. The van der Waals surface area contributed by atoms with E-state index in [2.05, 4.69) is 30.0 Å². The monoisotopic (exact) mass is 599 g/mol. The zero-order chi connectivity index (χ0) is 27.7. The van der Waals surface area contributed by atoms with Gasteiger partial charge in [0.15, 0.2) is 5.01 Å². The van der Waals surface area contributed by atoms with Gasteiger partial charge < -0.3 is 10.2 Å². The summed E-state index contributed by atoms with van der Waals surface area (Å²) in [6.45, 7) is 2.88. The third kappa shape index (κ3) is 6.14. The van der Waals surface area contributed by atoms with Crippen LogP contribution in [0.3, 0.4) is 0 Å². The molecule has 0 radical (unpaired) electrons. The molecule has 2 aliphatic rings. The Morgan fingerprint density at radius 1 is 1.12 bits per heavy atom. The van der Waals surface area contributed by atoms with Crippen LogP contribution in [0.15, 0.2) is 49.1 Å². The summed E-state index contributed by atoms with van der Waals surface area (Å²) in [5, 5.41) is 8.08. The van der Waals surface area contributed by atoms with E-state index in [4.69, 9.17) is 11.6 Å². The lowest BCUT2D eigenvalue weighted by molar-refractivity contribution is 0.0928. The molecule has 1 amide bonds. The molecular weight excluding hydrogens is 570 g/mol. The number of carbonyl (C=O) groups is 1. The van der Waals surface area contributed by atoms with E-state index < -0.39 is 16.1 Å². The van der Waals surface area contributed by atoms with E-state index in [0.717, 1.165) is 35.6 Å². The number of anilines is 1. The van der Waals surface area contributed by atoms with E-state index in [1.807, 2.05) is 6.07 Å². The number of aromatic nitrogens is 4. The van der Waals surface area contributed by atoms with Crippen LogP contribution < -0.4 is 10.0 Å². The van der Waals surface area contributed by atoms with Crippen LogP contribution in [0.25, 0.3) is 16.0 Å². The first-order valence-corrected chi connectivity index (χ1v) is 16.2. The molecular formula is C27H30ClN7O3S2. The van der Waals surface area contributed by atoms with Gasteiger partial charge in [0, 0.05) is 35.7 Å². The van der Waals surface area contributed by atoms with Gasteiger partial charge in [-0.05, 0) is 69.5 Å². The molecule has 0 bridgehead atoms. The highest BCUT2D eigenvalue weighted by Gasteiger charge is 2.36. The number of halogens is 1. The molecule has 4 aromatic heterocycles. The zero-order valence-electron chi connectivity index (χ0n) is 21.8. The molecule has 0 aromatic carbocycles. The number of fused-ring (bicyclic) bond motifs is 1. The van der Waals surface area contributed by atoms with Gasteiger partial charge in [-0.25, -0.2) is 17.9 Å². The number of carbonyl (C=O) groups excluding carboxylic acids is 1. The van der Waals surface area contributed by atoms with Gasteiger partial charge in [-0.1, -0.05) is 18.0 Å². The van der Waals surface area contributed by atoms with Crippen molar-refractivity contribution in [3.63, 3.8) is 0 Å². The van der Waals surface area contributed by atoms with Crippen LogP contribution in [0.2, 0.25) is 5.02 Å². The summed E-state index contributed by atoms with van der Waals surface area (Å²) < 4.78 is 29.4. The Morgan fingerprint density at radius 2 is 1.95 bits per heavy atom. The largest absolute Gasteiger partial charge is 0.342 e.